The topological polar surface area (TPSA) is 155 Å². The summed E-state index contributed by atoms with van der Waals surface area (Å²) in [5, 5.41) is 15.4. The van der Waals surface area contributed by atoms with Gasteiger partial charge in [0.2, 0.25) is 21.9 Å². The minimum absolute atomic E-state index is 0.0120. The van der Waals surface area contributed by atoms with E-state index in [9.17, 15) is 13.2 Å². The fourth-order valence-electron chi connectivity index (χ4n) is 3.44. The molecule has 0 aliphatic rings. The lowest BCUT2D eigenvalue weighted by Crippen LogP contribution is -2.35. The third-order valence-electron chi connectivity index (χ3n) is 5.10. The zero-order valence-corrected chi connectivity index (χ0v) is 23.9. The average molecular weight is 634 g/mol. The molecule has 4 N–H and O–H groups in total. The van der Waals surface area contributed by atoms with Gasteiger partial charge in [0.25, 0.3) is 0 Å². The Morgan fingerprint density at radius 2 is 1.90 bits per heavy atom. The highest BCUT2D eigenvalue weighted by molar-refractivity contribution is 9.10. The van der Waals surface area contributed by atoms with Crippen molar-refractivity contribution in [2.75, 3.05) is 37.0 Å². The normalized spacial score (nSPS) is 11.4. The lowest BCUT2D eigenvalue weighted by Gasteiger charge is -2.13. The van der Waals surface area contributed by atoms with Crippen molar-refractivity contribution < 1.29 is 23.1 Å². The number of anilines is 2. The van der Waals surface area contributed by atoms with Crippen LogP contribution in [0.4, 0.5) is 16.4 Å². The standard InChI is InChI=1S/C25H25BrN6O5S2/c1-39(35,36)29-10-9-27-25(34)37-23-20(19-7-2-3-8-21(19)26)13-16-15-28-24(32-22(16)31-23)30-17-5-4-6-18(14-17)38-12-11-33/h2-8,13-15,29,33H,9-12H2,1H3,(H,27,34)(H,28,30,31,32). The molecule has 11 nitrogen and oxygen atoms in total. The molecule has 2 aromatic heterocycles. The van der Waals surface area contributed by atoms with E-state index in [1.165, 1.54) is 11.8 Å². The molecule has 0 radical (unpaired) electrons. The van der Waals surface area contributed by atoms with E-state index >= 15 is 0 Å². The fourth-order valence-corrected chi connectivity index (χ4v) is 5.12. The van der Waals surface area contributed by atoms with Crippen LogP contribution in [-0.2, 0) is 10.0 Å². The molecule has 0 saturated carbocycles. The molecule has 2 aromatic carbocycles. The summed E-state index contributed by atoms with van der Waals surface area (Å²) in [6, 6.07) is 16.8. The maximum Gasteiger partial charge on any atom is 0.414 e. The van der Waals surface area contributed by atoms with E-state index in [-0.39, 0.29) is 25.6 Å². The number of halogens is 1. The number of fused-ring (bicyclic) bond motifs is 1. The van der Waals surface area contributed by atoms with Crippen molar-refractivity contribution in [1.29, 1.82) is 0 Å². The van der Waals surface area contributed by atoms with Gasteiger partial charge in [-0.2, -0.15) is 9.97 Å². The third kappa shape index (κ3) is 8.34. The van der Waals surface area contributed by atoms with Crippen LogP contribution in [0.1, 0.15) is 0 Å². The van der Waals surface area contributed by atoms with Crippen molar-refractivity contribution in [2.45, 2.75) is 4.90 Å². The number of nitrogens with one attached hydrogen (secondary N) is 3. The third-order valence-corrected chi connectivity index (χ3v) is 7.49. The van der Waals surface area contributed by atoms with Gasteiger partial charge >= 0.3 is 6.09 Å². The Bertz CT molecular complexity index is 1590. The predicted octanol–water partition coefficient (Wildman–Crippen LogP) is 3.92. The zero-order chi connectivity index (χ0) is 27.8. The number of aliphatic hydroxyl groups is 1. The molecule has 0 spiro atoms. The summed E-state index contributed by atoms with van der Waals surface area (Å²) >= 11 is 5.06. The lowest BCUT2D eigenvalue weighted by atomic mass is 10.1. The number of nitrogens with zero attached hydrogens (tertiary/aromatic N) is 3. The Hall–Kier alpha value is -3.30. The fraction of sp³-hybridized carbons (Fsp3) is 0.200. The first-order valence-corrected chi connectivity index (χ1v) is 15.3. The van der Waals surface area contributed by atoms with Crippen LogP contribution in [0.15, 0.2) is 70.2 Å². The van der Waals surface area contributed by atoms with E-state index in [0.717, 1.165) is 26.9 Å². The molecule has 0 aliphatic carbocycles. The smallest absolute Gasteiger partial charge is 0.396 e. The number of ether oxygens (including phenoxy) is 1. The molecule has 14 heteroatoms. The zero-order valence-electron chi connectivity index (χ0n) is 20.7. The van der Waals surface area contributed by atoms with Crippen LogP contribution in [-0.4, -0.2) is 66.3 Å². The maximum atomic E-state index is 12.5. The molecule has 2 heterocycles. The van der Waals surface area contributed by atoms with Gasteiger partial charge in [-0.1, -0.05) is 40.2 Å². The highest BCUT2D eigenvalue weighted by Crippen LogP contribution is 2.36. The van der Waals surface area contributed by atoms with E-state index in [4.69, 9.17) is 9.84 Å². The van der Waals surface area contributed by atoms with Gasteiger partial charge in [0.15, 0.2) is 5.65 Å². The number of amides is 1. The van der Waals surface area contributed by atoms with E-state index in [1.54, 1.807) is 12.3 Å². The summed E-state index contributed by atoms with van der Waals surface area (Å²) in [7, 11) is -3.38. The molecule has 4 aromatic rings. The second-order valence-corrected chi connectivity index (χ2v) is 12.0. The summed E-state index contributed by atoms with van der Waals surface area (Å²) in [5.74, 6) is 0.912. The highest BCUT2D eigenvalue weighted by Gasteiger charge is 2.17. The summed E-state index contributed by atoms with van der Waals surface area (Å²) in [4.78, 5) is 27.0. The van der Waals surface area contributed by atoms with Crippen LogP contribution in [0.2, 0.25) is 0 Å². The number of aliphatic hydroxyl groups excluding tert-OH is 1. The molecule has 1 amide bonds. The minimum atomic E-state index is -3.38. The number of rotatable bonds is 11. The number of aromatic nitrogens is 3. The molecule has 0 fully saturated rings. The number of carbonyl (C=O) groups is 1. The first-order valence-electron chi connectivity index (χ1n) is 11.7. The van der Waals surface area contributed by atoms with E-state index < -0.39 is 16.1 Å². The monoisotopic (exact) mass is 632 g/mol. The Balaban J connectivity index is 1.61. The molecular formula is C25H25BrN6O5S2. The SMILES string of the molecule is CS(=O)(=O)NCCNC(=O)Oc1nc2nc(Nc3cccc(SCCO)c3)ncc2cc1-c1ccccc1Br. The van der Waals surface area contributed by atoms with E-state index in [0.29, 0.717) is 28.3 Å². The van der Waals surface area contributed by atoms with Crippen LogP contribution < -0.4 is 20.1 Å². The van der Waals surface area contributed by atoms with Crippen molar-refractivity contribution in [1.82, 2.24) is 25.0 Å². The Morgan fingerprint density at radius 1 is 1.08 bits per heavy atom. The largest absolute Gasteiger partial charge is 0.414 e. The number of carbonyl (C=O) groups excluding carboxylic acids is 1. The summed E-state index contributed by atoms with van der Waals surface area (Å²) < 4.78 is 31.1. The van der Waals surface area contributed by atoms with Crippen molar-refractivity contribution in [3.63, 3.8) is 0 Å². The van der Waals surface area contributed by atoms with Gasteiger partial charge in [0, 0.05) is 56.6 Å². The summed E-state index contributed by atoms with van der Waals surface area (Å²) in [6.07, 6.45) is 1.87. The molecular weight excluding hydrogens is 608 g/mol. The van der Waals surface area contributed by atoms with Crippen molar-refractivity contribution in [2.24, 2.45) is 0 Å². The van der Waals surface area contributed by atoms with Gasteiger partial charge < -0.3 is 20.5 Å². The molecule has 39 heavy (non-hydrogen) atoms. The number of sulfonamides is 1. The quantitative estimate of drug-likeness (QED) is 0.141. The highest BCUT2D eigenvalue weighted by atomic mass is 79.9. The second-order valence-electron chi connectivity index (χ2n) is 8.14. The Labute approximate surface area is 238 Å². The van der Waals surface area contributed by atoms with E-state index in [1.807, 2.05) is 48.5 Å². The van der Waals surface area contributed by atoms with Crippen LogP contribution in [0.5, 0.6) is 5.88 Å². The first kappa shape index (κ1) is 28.7. The first-order chi connectivity index (χ1) is 18.7. The van der Waals surface area contributed by atoms with Crippen LogP contribution in [0.25, 0.3) is 22.2 Å². The maximum absolute atomic E-state index is 12.5. The van der Waals surface area contributed by atoms with Crippen molar-refractivity contribution >= 4 is 66.5 Å². The van der Waals surface area contributed by atoms with Gasteiger partial charge in [-0.3, -0.25) is 0 Å². The molecule has 204 valence electrons. The van der Waals surface area contributed by atoms with Gasteiger partial charge in [0.05, 0.1) is 12.9 Å². The summed E-state index contributed by atoms with van der Waals surface area (Å²) in [5.41, 5.74) is 2.35. The average Bonchev–Trinajstić information content (AvgIpc) is 2.90. The lowest BCUT2D eigenvalue weighted by molar-refractivity contribution is 0.199. The number of benzene rings is 2. The molecule has 0 bridgehead atoms. The van der Waals surface area contributed by atoms with Crippen molar-refractivity contribution in [3.8, 4) is 17.0 Å². The number of hydrogen-bond donors (Lipinski definition) is 4. The van der Waals surface area contributed by atoms with Gasteiger partial charge in [0.1, 0.15) is 0 Å². The predicted molar refractivity (Wildman–Crippen MR) is 155 cm³/mol. The minimum Gasteiger partial charge on any atom is -0.396 e. The molecule has 4 rings (SSSR count). The van der Waals surface area contributed by atoms with Gasteiger partial charge in [-0.05, 0) is 30.3 Å². The Morgan fingerprint density at radius 3 is 2.67 bits per heavy atom. The summed E-state index contributed by atoms with van der Waals surface area (Å²) in [6.45, 7) is 0.122. The van der Waals surface area contributed by atoms with Crippen molar-refractivity contribution in [3.05, 3.63) is 65.3 Å². The Kier molecular flexibility index (Phi) is 9.69. The van der Waals surface area contributed by atoms with Gasteiger partial charge in [-0.15, -0.1) is 11.8 Å². The molecule has 0 saturated heterocycles. The number of pyridine rings is 1. The second kappa shape index (κ2) is 13.2. The van der Waals surface area contributed by atoms with Crippen LogP contribution >= 0.6 is 27.7 Å². The number of hydrogen-bond acceptors (Lipinski definition) is 10. The molecule has 0 aliphatic heterocycles. The van der Waals surface area contributed by atoms with Gasteiger partial charge in [-0.25, -0.2) is 22.9 Å². The van der Waals surface area contributed by atoms with Crippen LogP contribution in [0.3, 0.4) is 0 Å². The molecule has 0 unspecified atom stereocenters. The molecule has 0 atom stereocenters. The van der Waals surface area contributed by atoms with E-state index in [2.05, 4.69) is 46.2 Å². The van der Waals surface area contributed by atoms with Crippen LogP contribution in [0, 0.1) is 0 Å². The number of thioether (sulfide) groups is 1.